The first-order valence-electron chi connectivity index (χ1n) is 8.24. The lowest BCUT2D eigenvalue weighted by Crippen LogP contribution is -2.54. The van der Waals surface area contributed by atoms with Gasteiger partial charge in [-0.1, -0.05) is 18.2 Å². The van der Waals surface area contributed by atoms with Gasteiger partial charge in [-0.25, -0.2) is 0 Å². The number of carboxylic acids is 1. The number of aliphatic carboxylic acids is 1. The van der Waals surface area contributed by atoms with Crippen LogP contribution in [0.4, 0.5) is 0 Å². The second-order valence-electron chi connectivity index (χ2n) is 6.45. The Kier molecular flexibility index (Phi) is 5.28. The van der Waals surface area contributed by atoms with Gasteiger partial charge in [0, 0.05) is 23.5 Å². The second-order valence-corrected chi connectivity index (χ2v) is 6.45. The van der Waals surface area contributed by atoms with E-state index in [2.05, 4.69) is 10.3 Å². The molecule has 2 heterocycles. The summed E-state index contributed by atoms with van der Waals surface area (Å²) in [4.78, 5) is 14.7. The van der Waals surface area contributed by atoms with Crippen LogP contribution < -0.4 is 5.32 Å². The minimum absolute atomic E-state index is 0.136. The van der Waals surface area contributed by atoms with Crippen molar-refractivity contribution in [3.8, 4) is 0 Å². The van der Waals surface area contributed by atoms with Gasteiger partial charge >= 0.3 is 5.97 Å². The number of fused-ring (bicyclic) bond motifs is 1. The maximum absolute atomic E-state index is 11.6. The maximum atomic E-state index is 11.6. The molecule has 0 spiro atoms. The predicted octanol–water partition coefficient (Wildman–Crippen LogP) is -1.45. The Morgan fingerprint density at radius 3 is 2.73 bits per heavy atom. The van der Waals surface area contributed by atoms with Gasteiger partial charge in [-0.05, 0) is 11.6 Å². The Morgan fingerprint density at radius 1 is 1.35 bits per heavy atom. The topological polar surface area (TPSA) is 155 Å². The smallest absolute Gasteiger partial charge is 0.321 e. The van der Waals surface area contributed by atoms with E-state index in [-0.39, 0.29) is 6.42 Å². The van der Waals surface area contributed by atoms with Crippen LogP contribution in [0.2, 0.25) is 0 Å². The molecular weight excluding hydrogens is 344 g/mol. The average Bonchev–Trinajstić information content (AvgIpc) is 3.13. The van der Waals surface area contributed by atoms with Crippen molar-refractivity contribution in [2.75, 3.05) is 13.2 Å². The van der Waals surface area contributed by atoms with Gasteiger partial charge in [-0.3, -0.25) is 10.1 Å². The Bertz CT molecular complexity index is 779. The molecule has 9 nitrogen and oxygen atoms in total. The van der Waals surface area contributed by atoms with E-state index in [9.17, 15) is 25.2 Å². The zero-order valence-corrected chi connectivity index (χ0v) is 13.9. The molecule has 1 aliphatic heterocycles. The summed E-state index contributed by atoms with van der Waals surface area (Å²) >= 11 is 0. The first-order chi connectivity index (χ1) is 12.4. The van der Waals surface area contributed by atoms with Crippen LogP contribution in [0.5, 0.6) is 0 Å². The summed E-state index contributed by atoms with van der Waals surface area (Å²) in [6.45, 7) is -1.01. The molecule has 0 saturated carbocycles. The number of aliphatic hydroxyl groups is 4. The van der Waals surface area contributed by atoms with Crippen LogP contribution >= 0.6 is 0 Å². The summed E-state index contributed by atoms with van der Waals surface area (Å²) in [5.74, 6) is -3.33. The van der Waals surface area contributed by atoms with Crippen molar-refractivity contribution in [1.82, 2.24) is 10.3 Å². The van der Waals surface area contributed by atoms with Crippen molar-refractivity contribution < 1.29 is 35.1 Å². The third-order valence-corrected chi connectivity index (χ3v) is 4.70. The monoisotopic (exact) mass is 366 g/mol. The molecule has 1 aromatic heterocycles. The number of hydrogen-bond donors (Lipinski definition) is 7. The van der Waals surface area contributed by atoms with E-state index in [0.29, 0.717) is 0 Å². The fourth-order valence-corrected chi connectivity index (χ4v) is 3.20. The number of H-pyrrole nitrogens is 1. The van der Waals surface area contributed by atoms with E-state index in [1.807, 2.05) is 24.3 Å². The molecule has 9 heteroatoms. The number of carboxylic acid groups (broad SMARTS) is 1. The summed E-state index contributed by atoms with van der Waals surface area (Å²) in [5, 5.41) is 52.2. The summed E-state index contributed by atoms with van der Waals surface area (Å²) in [6.07, 6.45) is -2.42. The molecule has 1 saturated heterocycles. The Hall–Kier alpha value is -2.01. The quantitative estimate of drug-likeness (QED) is 0.314. The van der Waals surface area contributed by atoms with Crippen molar-refractivity contribution in [1.29, 1.82) is 0 Å². The number of carbonyl (C=O) groups is 1. The highest BCUT2D eigenvalue weighted by Gasteiger charge is 2.53. The molecule has 26 heavy (non-hydrogen) atoms. The first kappa shape index (κ1) is 18.8. The summed E-state index contributed by atoms with van der Waals surface area (Å²) < 4.78 is 5.10. The molecule has 1 fully saturated rings. The number of aromatic amines is 1. The lowest BCUT2D eigenvalue weighted by atomic mass is 10.0. The molecule has 2 aromatic rings. The minimum Gasteiger partial charge on any atom is -0.480 e. The van der Waals surface area contributed by atoms with Crippen LogP contribution in [0, 0.1) is 0 Å². The zero-order chi connectivity index (χ0) is 18.9. The lowest BCUT2D eigenvalue weighted by molar-refractivity contribution is -0.227. The largest absolute Gasteiger partial charge is 0.480 e. The third kappa shape index (κ3) is 3.45. The molecule has 0 radical (unpaired) electrons. The number of para-hydroxylation sites is 1. The first-order valence-corrected chi connectivity index (χ1v) is 8.24. The third-order valence-electron chi connectivity index (χ3n) is 4.70. The number of ether oxygens (including phenoxy) is 1. The van der Waals surface area contributed by atoms with Gasteiger partial charge < -0.3 is 35.3 Å². The Balaban J connectivity index is 1.71. The van der Waals surface area contributed by atoms with Crippen LogP contribution in [0.15, 0.2) is 30.5 Å². The van der Waals surface area contributed by atoms with Gasteiger partial charge in [0.25, 0.3) is 0 Å². The van der Waals surface area contributed by atoms with Gasteiger partial charge in [0.2, 0.25) is 5.79 Å². The van der Waals surface area contributed by atoms with Crippen LogP contribution in [0.1, 0.15) is 5.56 Å². The minimum atomic E-state index is -2.19. The number of aromatic nitrogens is 1. The van der Waals surface area contributed by atoms with E-state index in [4.69, 9.17) is 9.84 Å². The molecule has 142 valence electrons. The molecule has 1 aliphatic rings. The highest BCUT2D eigenvalue weighted by atomic mass is 16.7. The van der Waals surface area contributed by atoms with Crippen molar-refractivity contribution in [3.63, 3.8) is 0 Å². The molecule has 0 amide bonds. The second kappa shape index (κ2) is 7.31. The highest BCUT2D eigenvalue weighted by molar-refractivity contribution is 5.84. The van der Waals surface area contributed by atoms with Crippen molar-refractivity contribution >= 4 is 16.9 Å². The van der Waals surface area contributed by atoms with Gasteiger partial charge in [-0.2, -0.15) is 0 Å². The number of aliphatic hydroxyl groups excluding tert-OH is 3. The molecule has 7 N–H and O–H groups in total. The lowest BCUT2D eigenvalue weighted by Gasteiger charge is -2.28. The number of hydrogen-bond acceptors (Lipinski definition) is 7. The zero-order valence-electron chi connectivity index (χ0n) is 13.9. The summed E-state index contributed by atoms with van der Waals surface area (Å²) in [7, 11) is 0. The summed E-state index contributed by atoms with van der Waals surface area (Å²) in [6, 6.07) is 6.42. The Labute approximate surface area is 148 Å². The van der Waals surface area contributed by atoms with Crippen molar-refractivity contribution in [3.05, 3.63) is 36.0 Å². The molecule has 0 bridgehead atoms. The molecule has 0 unspecified atom stereocenters. The molecular formula is C17H22N2O7. The fraction of sp³-hybridized carbons (Fsp3) is 0.471. The molecule has 1 aromatic carbocycles. The van der Waals surface area contributed by atoms with E-state index in [0.717, 1.165) is 16.5 Å². The Morgan fingerprint density at radius 2 is 2.08 bits per heavy atom. The highest BCUT2D eigenvalue weighted by Crippen LogP contribution is 2.29. The number of benzene rings is 1. The normalized spacial score (nSPS) is 29.9. The van der Waals surface area contributed by atoms with Gasteiger partial charge in [0.1, 0.15) is 24.4 Å². The van der Waals surface area contributed by atoms with Crippen LogP contribution in [0.3, 0.4) is 0 Å². The van der Waals surface area contributed by atoms with Gasteiger partial charge in [0.15, 0.2) is 0 Å². The van der Waals surface area contributed by atoms with E-state index < -0.39 is 49.3 Å². The van der Waals surface area contributed by atoms with Crippen LogP contribution in [0.25, 0.3) is 10.9 Å². The number of rotatable bonds is 7. The van der Waals surface area contributed by atoms with Crippen LogP contribution in [-0.2, 0) is 16.0 Å². The van der Waals surface area contributed by atoms with Gasteiger partial charge in [-0.15, -0.1) is 0 Å². The predicted molar refractivity (Wildman–Crippen MR) is 90.4 cm³/mol. The fourth-order valence-electron chi connectivity index (χ4n) is 3.20. The molecule has 0 aliphatic carbocycles. The van der Waals surface area contributed by atoms with Gasteiger partial charge in [0.05, 0.1) is 13.2 Å². The van der Waals surface area contributed by atoms with E-state index >= 15 is 0 Å². The summed E-state index contributed by atoms with van der Waals surface area (Å²) in [5.41, 5.74) is 1.67. The van der Waals surface area contributed by atoms with E-state index in [1.54, 1.807) is 6.20 Å². The molecule has 5 atom stereocenters. The van der Waals surface area contributed by atoms with Crippen LogP contribution in [-0.4, -0.2) is 79.8 Å². The SMILES string of the molecule is O=C(O)[C@H](Cc1c[nH]c2ccccc12)NC[C@]1(O)O[C@H](CO)[C@@H](O)[C@@H]1O. The maximum Gasteiger partial charge on any atom is 0.321 e. The van der Waals surface area contributed by atoms with E-state index in [1.165, 1.54) is 0 Å². The standard InChI is InChI=1S/C17H22N2O7/c20-7-13-14(21)15(22)17(25,26-13)8-19-12(16(23)24)5-9-6-18-11-4-2-1-3-10(9)11/h1-4,6,12-15,18-22,25H,5,7-8H2,(H,23,24)/t12-,13+,14+,15-,17-/m0/s1. The van der Waals surface area contributed by atoms with Crippen molar-refractivity contribution in [2.24, 2.45) is 0 Å². The average molecular weight is 366 g/mol. The van der Waals surface area contributed by atoms with Crippen molar-refractivity contribution in [2.45, 2.75) is 36.6 Å². The number of nitrogens with one attached hydrogen (secondary N) is 2. The molecule has 3 rings (SSSR count).